The SMILES string of the molecule is N#CC1C(=O)N(CC(F)(F)F)S(=O)(=O)N(CC(F)(F)F)C1=O.[K+]. The number of nitrogens with zero attached hydrogens (tertiary/aromatic N) is 3. The van der Waals surface area contributed by atoms with E-state index in [2.05, 4.69) is 0 Å². The Morgan fingerprint density at radius 2 is 1.26 bits per heavy atom. The Kier molecular flexibility index (Phi) is 7.10. The van der Waals surface area contributed by atoms with Crippen LogP contribution in [0.3, 0.4) is 0 Å². The summed E-state index contributed by atoms with van der Waals surface area (Å²) in [5.41, 5.74) is 0. The number of amides is 2. The summed E-state index contributed by atoms with van der Waals surface area (Å²) in [6.45, 7) is -4.90. The van der Waals surface area contributed by atoms with Gasteiger partial charge in [-0.05, 0) is 0 Å². The molecule has 0 saturated carbocycles. The molecule has 1 heterocycles. The number of carbonyl (C=O) groups is 2. The van der Waals surface area contributed by atoms with Gasteiger partial charge in [-0.1, -0.05) is 0 Å². The van der Waals surface area contributed by atoms with E-state index >= 15 is 0 Å². The molecule has 0 spiro atoms. The molecule has 1 aliphatic heterocycles. The Morgan fingerprint density at radius 3 is 1.48 bits per heavy atom. The van der Waals surface area contributed by atoms with Crippen molar-refractivity contribution < 1.29 is 95.7 Å². The van der Waals surface area contributed by atoms with Crippen molar-refractivity contribution in [2.45, 2.75) is 12.4 Å². The maximum absolute atomic E-state index is 12.3. The molecule has 0 radical (unpaired) electrons. The standard InChI is InChI=1S/C8H5F6N3O4S.K/c9-7(10,11)2-16-5(18)4(1-15)6(19)17(22(16,20)21)3-8(12,13)14;/h4H,2-3H2;/q;+1. The molecule has 0 bridgehead atoms. The minimum Gasteiger partial charge on any atom is -0.272 e. The predicted octanol–water partition coefficient (Wildman–Crippen LogP) is -2.83. The van der Waals surface area contributed by atoms with Gasteiger partial charge in [-0.3, -0.25) is 9.59 Å². The van der Waals surface area contributed by atoms with E-state index in [-0.39, 0.29) is 51.4 Å². The second-order valence-electron chi connectivity index (χ2n) is 3.99. The number of nitriles is 1. The molecule has 15 heteroatoms. The Balaban J connectivity index is 0.00000484. The van der Waals surface area contributed by atoms with Gasteiger partial charge < -0.3 is 0 Å². The molecule has 1 saturated heterocycles. The predicted molar refractivity (Wildman–Crippen MR) is 53.6 cm³/mol. The molecule has 1 fully saturated rings. The molecule has 0 N–H and O–H groups in total. The monoisotopic (exact) mass is 392 g/mol. The fourth-order valence-electron chi connectivity index (χ4n) is 1.50. The molecule has 0 aliphatic carbocycles. The summed E-state index contributed by atoms with van der Waals surface area (Å²) < 4.78 is 95.1. The zero-order valence-corrected chi connectivity index (χ0v) is 15.1. The molecule has 7 nitrogen and oxygen atoms in total. The average molecular weight is 392 g/mol. The van der Waals surface area contributed by atoms with Gasteiger partial charge in [0.2, 0.25) is 5.92 Å². The van der Waals surface area contributed by atoms with Gasteiger partial charge in [-0.2, -0.15) is 40.0 Å². The molecular formula is C8H5F6KN3O4S+. The maximum atomic E-state index is 12.3. The number of carbonyl (C=O) groups excluding carboxylic acids is 2. The van der Waals surface area contributed by atoms with E-state index in [9.17, 15) is 44.3 Å². The second kappa shape index (κ2) is 7.23. The zero-order chi connectivity index (χ0) is 17.5. The van der Waals surface area contributed by atoms with Crippen LogP contribution in [0.25, 0.3) is 0 Å². The quantitative estimate of drug-likeness (QED) is 0.287. The third kappa shape index (κ3) is 5.29. The van der Waals surface area contributed by atoms with Crippen LogP contribution < -0.4 is 51.4 Å². The van der Waals surface area contributed by atoms with Gasteiger partial charge in [-0.15, -0.1) is 0 Å². The normalized spacial score (nSPS) is 19.3. The Bertz CT molecular complexity index is 598. The summed E-state index contributed by atoms with van der Waals surface area (Å²) >= 11 is 0. The molecule has 1 aliphatic rings. The molecule has 124 valence electrons. The van der Waals surface area contributed by atoms with E-state index in [1.807, 2.05) is 0 Å². The summed E-state index contributed by atoms with van der Waals surface area (Å²) in [7, 11) is -5.70. The first-order valence-corrected chi connectivity index (χ1v) is 6.51. The van der Waals surface area contributed by atoms with Crippen LogP contribution in [0, 0.1) is 17.2 Å². The fourth-order valence-corrected chi connectivity index (χ4v) is 3.02. The Hall–Kier alpha value is -0.404. The summed E-state index contributed by atoms with van der Waals surface area (Å²) in [5.74, 6) is -6.71. The van der Waals surface area contributed by atoms with E-state index < -0.39 is 62.0 Å². The van der Waals surface area contributed by atoms with Crippen LogP contribution in [0.4, 0.5) is 26.3 Å². The van der Waals surface area contributed by atoms with Gasteiger partial charge in [0, 0.05) is 0 Å². The number of hydrogen-bond acceptors (Lipinski definition) is 5. The van der Waals surface area contributed by atoms with Crippen molar-refractivity contribution in [1.82, 2.24) is 8.61 Å². The van der Waals surface area contributed by atoms with E-state index in [0.717, 1.165) is 6.07 Å². The zero-order valence-electron chi connectivity index (χ0n) is 11.1. The summed E-state index contributed by atoms with van der Waals surface area (Å²) in [6.07, 6.45) is -10.5. The van der Waals surface area contributed by atoms with Crippen molar-refractivity contribution in [2.24, 2.45) is 5.92 Å². The summed E-state index contributed by atoms with van der Waals surface area (Å²) in [4.78, 5) is 22.9. The van der Waals surface area contributed by atoms with Crippen LogP contribution in [0.1, 0.15) is 0 Å². The van der Waals surface area contributed by atoms with E-state index in [4.69, 9.17) is 5.26 Å². The van der Waals surface area contributed by atoms with Crippen molar-refractivity contribution in [3.63, 3.8) is 0 Å². The van der Waals surface area contributed by atoms with Gasteiger partial charge >= 0.3 is 73.9 Å². The first-order chi connectivity index (χ1) is 9.70. The molecular weight excluding hydrogens is 387 g/mol. The molecule has 2 amide bonds. The average Bonchev–Trinajstić information content (AvgIpc) is 2.29. The molecule has 0 unspecified atom stereocenters. The van der Waals surface area contributed by atoms with Gasteiger partial charge in [0.25, 0.3) is 11.8 Å². The second-order valence-corrected chi connectivity index (χ2v) is 5.77. The third-order valence-electron chi connectivity index (χ3n) is 2.32. The van der Waals surface area contributed by atoms with Crippen LogP contribution in [0.2, 0.25) is 0 Å². The van der Waals surface area contributed by atoms with Gasteiger partial charge in [-0.25, -0.2) is 8.61 Å². The third-order valence-corrected chi connectivity index (χ3v) is 4.05. The molecule has 0 atom stereocenters. The Labute approximate surface area is 167 Å². The van der Waals surface area contributed by atoms with Crippen LogP contribution in [0.15, 0.2) is 0 Å². The van der Waals surface area contributed by atoms with Crippen LogP contribution in [-0.2, 0) is 19.8 Å². The number of hydrogen-bond donors (Lipinski definition) is 0. The van der Waals surface area contributed by atoms with E-state index in [1.165, 1.54) is 0 Å². The first-order valence-electron chi connectivity index (χ1n) is 5.12. The van der Waals surface area contributed by atoms with Crippen molar-refractivity contribution in [3.05, 3.63) is 0 Å². The minimum atomic E-state index is -5.70. The number of alkyl halides is 6. The first kappa shape index (κ1) is 22.6. The molecule has 1 rings (SSSR count). The van der Waals surface area contributed by atoms with Crippen molar-refractivity contribution in [3.8, 4) is 6.07 Å². The number of rotatable bonds is 2. The van der Waals surface area contributed by atoms with Gasteiger partial charge in [0.15, 0.2) is 0 Å². The largest absolute Gasteiger partial charge is 1.00 e. The minimum absolute atomic E-state index is 0. The molecule has 0 aromatic heterocycles. The van der Waals surface area contributed by atoms with Crippen molar-refractivity contribution >= 4 is 22.0 Å². The smallest absolute Gasteiger partial charge is 0.272 e. The van der Waals surface area contributed by atoms with E-state index in [0.29, 0.717) is 0 Å². The van der Waals surface area contributed by atoms with Crippen molar-refractivity contribution in [2.75, 3.05) is 13.1 Å². The van der Waals surface area contributed by atoms with Crippen molar-refractivity contribution in [1.29, 1.82) is 5.26 Å². The number of halogens is 6. The van der Waals surface area contributed by atoms with Crippen LogP contribution in [0.5, 0.6) is 0 Å². The van der Waals surface area contributed by atoms with Gasteiger partial charge in [0.05, 0.1) is 6.07 Å². The topological polar surface area (TPSA) is 98.6 Å². The molecule has 23 heavy (non-hydrogen) atoms. The fraction of sp³-hybridized carbons (Fsp3) is 0.625. The van der Waals surface area contributed by atoms with E-state index in [1.54, 1.807) is 0 Å². The van der Waals surface area contributed by atoms with Gasteiger partial charge in [0.1, 0.15) is 13.1 Å². The van der Waals surface area contributed by atoms with Crippen LogP contribution in [-0.4, -0.2) is 54.3 Å². The maximum Gasteiger partial charge on any atom is 1.00 e. The summed E-state index contributed by atoms with van der Waals surface area (Å²) in [5, 5.41) is 8.53. The Morgan fingerprint density at radius 1 is 0.957 bits per heavy atom. The summed E-state index contributed by atoms with van der Waals surface area (Å²) in [6, 6.07) is 0.891. The molecule has 0 aromatic carbocycles. The van der Waals surface area contributed by atoms with Crippen LogP contribution >= 0.6 is 0 Å². The molecule has 0 aromatic rings.